The normalized spacial score (nSPS) is 23.9. The first-order valence-electron chi connectivity index (χ1n) is 12.5. The molecule has 1 saturated carbocycles. The first-order valence-corrected chi connectivity index (χ1v) is 12.9. The van der Waals surface area contributed by atoms with Gasteiger partial charge in [-0.25, -0.2) is 15.3 Å². The molecule has 8 nitrogen and oxygen atoms in total. The van der Waals surface area contributed by atoms with Crippen molar-refractivity contribution in [2.75, 3.05) is 25.0 Å². The van der Waals surface area contributed by atoms with Gasteiger partial charge in [0.15, 0.2) is 6.29 Å². The van der Waals surface area contributed by atoms with Crippen molar-refractivity contribution < 1.29 is 19.2 Å². The van der Waals surface area contributed by atoms with Crippen molar-refractivity contribution in [3.63, 3.8) is 0 Å². The Kier molecular flexibility index (Phi) is 9.18. The van der Waals surface area contributed by atoms with E-state index >= 15 is 0 Å². The standard InChI is InChI=1S/C25H35ClN4O4/c26-21-14-19(9-10-22(31)29-34-24-8-4-5-13-33-24)16-27-25(21)28-20-11-12-30(17-20)23(32)15-18-6-2-1-3-7-18/h9-10,14,16,18,20,24H,1-8,11-13,15,17H2,(H,27,28)(H,29,31)/t20-,24?/m1/s1. The number of rotatable bonds is 8. The zero-order chi connectivity index (χ0) is 23.8. The Morgan fingerprint density at radius 1 is 1.18 bits per heavy atom. The number of hydroxylamine groups is 1. The van der Waals surface area contributed by atoms with E-state index < -0.39 is 0 Å². The molecular weight excluding hydrogens is 456 g/mol. The molecule has 1 aromatic heterocycles. The number of pyridine rings is 1. The van der Waals surface area contributed by atoms with Gasteiger partial charge in [0, 0.05) is 50.9 Å². The Morgan fingerprint density at radius 3 is 2.76 bits per heavy atom. The first-order chi connectivity index (χ1) is 16.6. The highest BCUT2D eigenvalue weighted by Crippen LogP contribution is 2.28. The van der Waals surface area contributed by atoms with Gasteiger partial charge < -0.3 is 15.0 Å². The summed E-state index contributed by atoms with van der Waals surface area (Å²) in [5.41, 5.74) is 3.09. The molecular formula is C25H35ClN4O4. The largest absolute Gasteiger partial charge is 0.364 e. The van der Waals surface area contributed by atoms with E-state index in [1.165, 1.54) is 38.2 Å². The fourth-order valence-electron chi connectivity index (χ4n) is 4.85. The van der Waals surface area contributed by atoms with E-state index in [4.69, 9.17) is 21.2 Å². The topological polar surface area (TPSA) is 92.8 Å². The predicted octanol–water partition coefficient (Wildman–Crippen LogP) is 4.31. The van der Waals surface area contributed by atoms with Gasteiger partial charge in [-0.05, 0) is 55.7 Å². The molecule has 2 aliphatic heterocycles. The highest BCUT2D eigenvalue weighted by atomic mass is 35.5. The lowest BCUT2D eigenvalue weighted by molar-refractivity contribution is -0.198. The maximum Gasteiger partial charge on any atom is 0.267 e. The van der Waals surface area contributed by atoms with Crippen LogP contribution in [0.15, 0.2) is 18.3 Å². The number of carbonyl (C=O) groups is 2. The van der Waals surface area contributed by atoms with Gasteiger partial charge in [0.1, 0.15) is 5.82 Å². The third kappa shape index (κ3) is 7.42. The van der Waals surface area contributed by atoms with Gasteiger partial charge in [0.25, 0.3) is 5.91 Å². The average molecular weight is 491 g/mol. The number of nitrogens with zero attached hydrogens (tertiary/aromatic N) is 2. The molecule has 0 radical (unpaired) electrons. The highest BCUT2D eigenvalue weighted by Gasteiger charge is 2.28. The second-order valence-electron chi connectivity index (χ2n) is 9.49. The molecule has 3 aliphatic rings. The summed E-state index contributed by atoms with van der Waals surface area (Å²) in [7, 11) is 0. The van der Waals surface area contributed by atoms with E-state index in [0.29, 0.717) is 41.9 Å². The molecule has 9 heteroatoms. The Labute approximate surface area is 206 Å². The minimum Gasteiger partial charge on any atom is -0.364 e. The Hall–Kier alpha value is -2.16. The number of amides is 2. The maximum atomic E-state index is 12.7. The Morgan fingerprint density at radius 2 is 2.00 bits per heavy atom. The molecule has 1 aromatic rings. The summed E-state index contributed by atoms with van der Waals surface area (Å²) in [5.74, 6) is 1.04. The van der Waals surface area contributed by atoms with E-state index in [1.54, 1.807) is 18.3 Å². The van der Waals surface area contributed by atoms with Crippen LogP contribution in [0.3, 0.4) is 0 Å². The molecule has 1 aliphatic carbocycles. The van der Waals surface area contributed by atoms with Crippen LogP contribution in [-0.4, -0.2) is 53.7 Å². The van der Waals surface area contributed by atoms with Crippen molar-refractivity contribution in [3.05, 3.63) is 28.9 Å². The lowest BCUT2D eigenvalue weighted by Gasteiger charge is -2.24. The zero-order valence-electron chi connectivity index (χ0n) is 19.6. The Balaban J connectivity index is 1.21. The molecule has 34 heavy (non-hydrogen) atoms. The number of hydrogen-bond acceptors (Lipinski definition) is 6. The highest BCUT2D eigenvalue weighted by molar-refractivity contribution is 6.33. The molecule has 2 saturated heterocycles. The van der Waals surface area contributed by atoms with Crippen molar-refractivity contribution in [2.24, 2.45) is 5.92 Å². The molecule has 2 amide bonds. The van der Waals surface area contributed by atoms with Gasteiger partial charge in [-0.15, -0.1) is 0 Å². The second kappa shape index (κ2) is 12.5. The fraction of sp³-hybridized carbons (Fsp3) is 0.640. The van der Waals surface area contributed by atoms with Crippen LogP contribution in [0.1, 0.15) is 69.8 Å². The molecule has 0 bridgehead atoms. The number of carbonyl (C=O) groups excluding carboxylic acids is 2. The van der Waals surface area contributed by atoms with Crippen molar-refractivity contribution in [3.8, 4) is 0 Å². The van der Waals surface area contributed by atoms with Gasteiger partial charge >= 0.3 is 0 Å². The molecule has 0 spiro atoms. The van der Waals surface area contributed by atoms with Gasteiger partial charge in [-0.3, -0.25) is 9.59 Å². The van der Waals surface area contributed by atoms with E-state index in [1.807, 2.05) is 4.90 Å². The third-order valence-electron chi connectivity index (χ3n) is 6.79. The predicted molar refractivity (Wildman–Crippen MR) is 131 cm³/mol. The fourth-order valence-corrected chi connectivity index (χ4v) is 5.08. The zero-order valence-corrected chi connectivity index (χ0v) is 20.4. The summed E-state index contributed by atoms with van der Waals surface area (Å²) in [6, 6.07) is 1.89. The SMILES string of the molecule is O=C(C=Cc1cnc(N[C@@H]2CCN(C(=O)CC3CCCCC3)C2)c(Cl)c1)NOC1CCCCO1. The van der Waals surface area contributed by atoms with E-state index in [0.717, 1.165) is 32.2 Å². The van der Waals surface area contributed by atoms with Crippen LogP contribution in [0.4, 0.5) is 5.82 Å². The van der Waals surface area contributed by atoms with Crippen molar-refractivity contribution in [1.82, 2.24) is 15.4 Å². The summed E-state index contributed by atoms with van der Waals surface area (Å²) in [4.78, 5) is 36.3. The van der Waals surface area contributed by atoms with Gasteiger partial charge in [0.05, 0.1) is 5.02 Å². The molecule has 2 N–H and O–H groups in total. The number of likely N-dealkylation sites (tertiary alicyclic amines) is 1. The van der Waals surface area contributed by atoms with E-state index in [2.05, 4.69) is 15.8 Å². The van der Waals surface area contributed by atoms with E-state index in [9.17, 15) is 9.59 Å². The smallest absolute Gasteiger partial charge is 0.267 e. The monoisotopic (exact) mass is 490 g/mol. The minimum absolute atomic E-state index is 0.131. The third-order valence-corrected chi connectivity index (χ3v) is 7.08. The van der Waals surface area contributed by atoms with Crippen molar-refractivity contribution in [2.45, 2.75) is 76.5 Å². The summed E-state index contributed by atoms with van der Waals surface area (Å²) in [6.45, 7) is 2.09. The van der Waals surface area contributed by atoms with Gasteiger partial charge in [0.2, 0.25) is 5.91 Å². The summed E-state index contributed by atoms with van der Waals surface area (Å²) < 4.78 is 5.41. The summed E-state index contributed by atoms with van der Waals surface area (Å²) >= 11 is 6.43. The number of hydrogen-bond donors (Lipinski definition) is 2. The van der Waals surface area contributed by atoms with Crippen LogP contribution in [-0.2, 0) is 19.2 Å². The average Bonchev–Trinajstić information content (AvgIpc) is 3.33. The maximum absolute atomic E-state index is 12.7. The Bertz CT molecular complexity index is 868. The van der Waals surface area contributed by atoms with E-state index in [-0.39, 0.29) is 24.1 Å². The first kappa shape index (κ1) is 24.9. The summed E-state index contributed by atoms with van der Waals surface area (Å²) in [5, 5.41) is 3.85. The molecule has 0 aromatic carbocycles. The number of aromatic nitrogens is 1. The van der Waals surface area contributed by atoms with Crippen LogP contribution in [0.5, 0.6) is 0 Å². The molecule has 2 atom stereocenters. The van der Waals surface area contributed by atoms with Crippen LogP contribution < -0.4 is 10.8 Å². The molecule has 3 fully saturated rings. The van der Waals surface area contributed by atoms with Crippen LogP contribution >= 0.6 is 11.6 Å². The van der Waals surface area contributed by atoms with Gasteiger partial charge in [-0.1, -0.05) is 30.9 Å². The van der Waals surface area contributed by atoms with Crippen LogP contribution in [0.25, 0.3) is 6.08 Å². The molecule has 186 valence electrons. The molecule has 4 rings (SSSR count). The number of anilines is 1. The minimum atomic E-state index is -0.387. The van der Waals surface area contributed by atoms with Gasteiger partial charge in [-0.2, -0.15) is 0 Å². The lowest BCUT2D eigenvalue weighted by atomic mass is 9.87. The summed E-state index contributed by atoms with van der Waals surface area (Å²) in [6.07, 6.45) is 14.8. The quantitative estimate of drug-likeness (QED) is 0.416. The number of halogens is 1. The molecule has 1 unspecified atom stereocenters. The lowest BCUT2D eigenvalue weighted by Crippen LogP contribution is -2.33. The van der Waals surface area contributed by atoms with Crippen molar-refractivity contribution in [1.29, 1.82) is 0 Å². The van der Waals surface area contributed by atoms with Crippen LogP contribution in [0, 0.1) is 5.92 Å². The van der Waals surface area contributed by atoms with Crippen LogP contribution in [0.2, 0.25) is 5.02 Å². The number of nitrogens with one attached hydrogen (secondary N) is 2. The second-order valence-corrected chi connectivity index (χ2v) is 9.90. The van der Waals surface area contributed by atoms with Crippen molar-refractivity contribution >= 4 is 35.3 Å². The molecule has 3 heterocycles. The number of ether oxygens (including phenoxy) is 1.